The molecule has 0 saturated carbocycles. The summed E-state index contributed by atoms with van der Waals surface area (Å²) in [4.78, 5) is 0. The molecule has 0 spiro atoms. The maximum atomic E-state index is 5.84. The van der Waals surface area contributed by atoms with Gasteiger partial charge in [-0.2, -0.15) is 0 Å². The zero-order valence-electron chi connectivity index (χ0n) is 10.4. The van der Waals surface area contributed by atoms with Crippen molar-refractivity contribution < 1.29 is 9.47 Å². The van der Waals surface area contributed by atoms with E-state index in [-0.39, 0.29) is 11.6 Å². The Balaban J connectivity index is 2.27. The standard InChI is InChI=1S/C13H20N2O2/c1-13(7-4-8-17-13)12(15-14)10-5-3-6-11(9-10)16-2/h3,5-6,9,12,15H,4,7-8,14H2,1-2H3. The summed E-state index contributed by atoms with van der Waals surface area (Å²) in [5.74, 6) is 6.53. The van der Waals surface area contributed by atoms with Crippen molar-refractivity contribution in [3.05, 3.63) is 29.8 Å². The SMILES string of the molecule is COc1cccc(C(NN)C2(C)CCCO2)c1. The lowest BCUT2D eigenvalue weighted by Crippen LogP contribution is -2.44. The number of ether oxygens (including phenoxy) is 2. The summed E-state index contributed by atoms with van der Waals surface area (Å²) in [5, 5.41) is 0. The Hall–Kier alpha value is -1.10. The fourth-order valence-electron chi connectivity index (χ4n) is 2.47. The summed E-state index contributed by atoms with van der Waals surface area (Å²) in [6, 6.07) is 7.92. The van der Waals surface area contributed by atoms with Gasteiger partial charge in [0, 0.05) is 6.61 Å². The molecule has 0 amide bonds. The van der Waals surface area contributed by atoms with Crippen molar-refractivity contribution in [2.24, 2.45) is 5.84 Å². The minimum absolute atomic E-state index is 0.0138. The predicted molar refractivity (Wildman–Crippen MR) is 66.6 cm³/mol. The van der Waals surface area contributed by atoms with Crippen molar-refractivity contribution in [1.29, 1.82) is 0 Å². The second-order valence-electron chi connectivity index (χ2n) is 4.64. The van der Waals surface area contributed by atoms with E-state index >= 15 is 0 Å². The Morgan fingerprint density at radius 3 is 2.94 bits per heavy atom. The molecule has 0 radical (unpaired) electrons. The van der Waals surface area contributed by atoms with Crippen LogP contribution < -0.4 is 16.0 Å². The van der Waals surface area contributed by atoms with Gasteiger partial charge in [0.15, 0.2) is 0 Å². The normalized spacial score (nSPS) is 25.8. The second-order valence-corrected chi connectivity index (χ2v) is 4.64. The highest BCUT2D eigenvalue weighted by atomic mass is 16.5. The highest BCUT2D eigenvalue weighted by Gasteiger charge is 2.38. The first kappa shape index (κ1) is 12.4. The van der Waals surface area contributed by atoms with Gasteiger partial charge in [-0.1, -0.05) is 12.1 Å². The molecule has 2 unspecified atom stereocenters. The number of hydrazine groups is 1. The van der Waals surface area contributed by atoms with E-state index < -0.39 is 0 Å². The van der Waals surface area contributed by atoms with Gasteiger partial charge in [0.2, 0.25) is 0 Å². The molecule has 1 aromatic rings. The van der Waals surface area contributed by atoms with Gasteiger partial charge in [0.1, 0.15) is 5.75 Å². The summed E-state index contributed by atoms with van der Waals surface area (Å²) in [6.45, 7) is 2.91. The molecule has 0 aromatic heterocycles. The number of nitrogens with two attached hydrogens (primary N) is 1. The fourth-order valence-corrected chi connectivity index (χ4v) is 2.47. The molecule has 1 aromatic carbocycles. The van der Waals surface area contributed by atoms with E-state index in [0.29, 0.717) is 0 Å². The average Bonchev–Trinajstić information content (AvgIpc) is 2.78. The number of hydrogen-bond acceptors (Lipinski definition) is 4. The molecule has 4 nitrogen and oxygen atoms in total. The van der Waals surface area contributed by atoms with Crippen LogP contribution in [0.15, 0.2) is 24.3 Å². The molecule has 1 aliphatic heterocycles. The van der Waals surface area contributed by atoms with Crippen LogP contribution in [0.5, 0.6) is 5.75 Å². The van der Waals surface area contributed by atoms with E-state index in [4.69, 9.17) is 15.3 Å². The molecule has 0 bridgehead atoms. The molecule has 0 aliphatic carbocycles. The van der Waals surface area contributed by atoms with Gasteiger partial charge < -0.3 is 9.47 Å². The summed E-state index contributed by atoms with van der Waals surface area (Å²) < 4.78 is 11.1. The van der Waals surface area contributed by atoms with Crippen LogP contribution in [-0.2, 0) is 4.74 Å². The van der Waals surface area contributed by atoms with Gasteiger partial charge >= 0.3 is 0 Å². The second kappa shape index (κ2) is 5.04. The summed E-state index contributed by atoms with van der Waals surface area (Å²) in [6.07, 6.45) is 2.09. The average molecular weight is 236 g/mol. The summed E-state index contributed by atoms with van der Waals surface area (Å²) in [7, 11) is 1.66. The monoisotopic (exact) mass is 236 g/mol. The van der Waals surface area contributed by atoms with E-state index in [1.807, 2.05) is 24.3 Å². The first-order valence-electron chi connectivity index (χ1n) is 5.93. The Kier molecular flexibility index (Phi) is 3.66. The number of rotatable bonds is 4. The molecular formula is C13H20N2O2. The molecule has 17 heavy (non-hydrogen) atoms. The Bertz CT molecular complexity index is 375. The molecule has 1 fully saturated rings. The largest absolute Gasteiger partial charge is 0.497 e. The third-order valence-corrected chi connectivity index (χ3v) is 3.45. The van der Waals surface area contributed by atoms with E-state index in [9.17, 15) is 0 Å². The lowest BCUT2D eigenvalue weighted by atomic mass is 9.88. The van der Waals surface area contributed by atoms with Crippen molar-refractivity contribution in [2.45, 2.75) is 31.4 Å². The summed E-state index contributed by atoms with van der Waals surface area (Å²) >= 11 is 0. The van der Waals surface area contributed by atoms with Gasteiger partial charge in [-0.25, -0.2) is 0 Å². The van der Waals surface area contributed by atoms with Crippen molar-refractivity contribution >= 4 is 0 Å². The molecule has 4 heteroatoms. The van der Waals surface area contributed by atoms with Crippen LogP contribution in [0.2, 0.25) is 0 Å². The Morgan fingerprint density at radius 1 is 1.53 bits per heavy atom. The van der Waals surface area contributed by atoms with Gasteiger partial charge in [-0.15, -0.1) is 0 Å². The minimum atomic E-state index is -0.235. The van der Waals surface area contributed by atoms with Gasteiger partial charge in [-0.3, -0.25) is 11.3 Å². The fraction of sp³-hybridized carbons (Fsp3) is 0.538. The van der Waals surface area contributed by atoms with Crippen LogP contribution in [0.3, 0.4) is 0 Å². The van der Waals surface area contributed by atoms with Crippen molar-refractivity contribution in [3.8, 4) is 5.75 Å². The topological polar surface area (TPSA) is 56.5 Å². The molecule has 1 saturated heterocycles. The highest BCUT2D eigenvalue weighted by Crippen LogP contribution is 2.37. The minimum Gasteiger partial charge on any atom is -0.497 e. The lowest BCUT2D eigenvalue weighted by Gasteiger charge is -2.33. The van der Waals surface area contributed by atoms with Crippen LogP contribution in [-0.4, -0.2) is 19.3 Å². The van der Waals surface area contributed by atoms with Crippen LogP contribution in [0.1, 0.15) is 31.4 Å². The first-order chi connectivity index (χ1) is 8.19. The van der Waals surface area contributed by atoms with Crippen LogP contribution in [0.4, 0.5) is 0 Å². The summed E-state index contributed by atoms with van der Waals surface area (Å²) in [5.41, 5.74) is 3.73. The number of methoxy groups -OCH3 is 1. The van der Waals surface area contributed by atoms with E-state index in [1.54, 1.807) is 7.11 Å². The maximum absolute atomic E-state index is 5.84. The van der Waals surface area contributed by atoms with Gasteiger partial charge in [-0.05, 0) is 37.5 Å². The zero-order valence-corrected chi connectivity index (χ0v) is 10.4. The predicted octanol–water partition coefficient (Wildman–Crippen LogP) is 1.77. The molecule has 1 aliphatic rings. The molecule has 1 heterocycles. The third kappa shape index (κ3) is 2.44. The van der Waals surface area contributed by atoms with Crippen LogP contribution >= 0.6 is 0 Å². The Morgan fingerprint density at radius 2 is 2.35 bits per heavy atom. The third-order valence-electron chi connectivity index (χ3n) is 3.45. The van der Waals surface area contributed by atoms with E-state index in [0.717, 1.165) is 30.8 Å². The first-order valence-corrected chi connectivity index (χ1v) is 5.93. The molecular weight excluding hydrogens is 216 g/mol. The smallest absolute Gasteiger partial charge is 0.119 e. The lowest BCUT2D eigenvalue weighted by molar-refractivity contribution is -0.0125. The van der Waals surface area contributed by atoms with Crippen molar-refractivity contribution in [2.75, 3.05) is 13.7 Å². The molecule has 2 rings (SSSR count). The van der Waals surface area contributed by atoms with E-state index in [2.05, 4.69) is 12.3 Å². The molecule has 94 valence electrons. The molecule has 3 N–H and O–H groups in total. The van der Waals surface area contributed by atoms with E-state index in [1.165, 1.54) is 0 Å². The van der Waals surface area contributed by atoms with Gasteiger partial charge in [0.05, 0.1) is 18.8 Å². The van der Waals surface area contributed by atoms with Crippen molar-refractivity contribution in [3.63, 3.8) is 0 Å². The van der Waals surface area contributed by atoms with Gasteiger partial charge in [0.25, 0.3) is 0 Å². The highest BCUT2D eigenvalue weighted by molar-refractivity contribution is 5.32. The molecule has 2 atom stereocenters. The maximum Gasteiger partial charge on any atom is 0.119 e. The van der Waals surface area contributed by atoms with Crippen LogP contribution in [0, 0.1) is 0 Å². The quantitative estimate of drug-likeness (QED) is 0.618. The van der Waals surface area contributed by atoms with Crippen LogP contribution in [0.25, 0.3) is 0 Å². The number of hydrogen-bond donors (Lipinski definition) is 2. The van der Waals surface area contributed by atoms with Crippen molar-refractivity contribution in [1.82, 2.24) is 5.43 Å². The Labute approximate surface area is 102 Å². The zero-order chi connectivity index (χ0) is 12.3. The number of nitrogens with one attached hydrogen (secondary N) is 1. The number of benzene rings is 1.